The second-order valence-electron chi connectivity index (χ2n) is 8.60. The van der Waals surface area contributed by atoms with E-state index in [-0.39, 0.29) is 23.2 Å². The van der Waals surface area contributed by atoms with Gasteiger partial charge in [-0.1, -0.05) is 26.7 Å². The number of hydrogen-bond donors (Lipinski definition) is 2. The zero-order valence-corrected chi connectivity index (χ0v) is 15.2. The summed E-state index contributed by atoms with van der Waals surface area (Å²) in [4.78, 5) is 13.2. The van der Waals surface area contributed by atoms with Crippen LogP contribution in [0.4, 0.5) is 0 Å². The number of amides is 1. The molecule has 4 fully saturated rings. The Kier molecular flexibility index (Phi) is 4.72. The topological polar surface area (TPSA) is 50.4 Å². The average Bonchev–Trinajstić information content (AvgIpc) is 2.97. The molecule has 2 saturated carbocycles. The van der Waals surface area contributed by atoms with Gasteiger partial charge in [-0.2, -0.15) is 0 Å². The Morgan fingerprint density at radius 3 is 2.87 bits per heavy atom. The summed E-state index contributed by atoms with van der Waals surface area (Å²) in [6.07, 6.45) is 7.45. The molecule has 5 atom stereocenters. The molecule has 0 aromatic heterocycles. The molecule has 0 aromatic rings. The monoisotopic (exact) mass is 342 g/mol. The molecule has 5 heteroatoms. The molecular weight excluding hydrogens is 312 g/mol. The maximum absolute atomic E-state index is 13.2. The number of ether oxygens (including phenoxy) is 1. The summed E-state index contributed by atoms with van der Waals surface area (Å²) in [5.41, 5.74) is -0.0531. The summed E-state index contributed by atoms with van der Waals surface area (Å²) >= 11 is 0. The van der Waals surface area contributed by atoms with Crippen LogP contribution < -0.4 is 10.6 Å². The number of rotatable bonds is 2. The van der Waals surface area contributed by atoms with Crippen LogP contribution in [0.5, 0.6) is 0 Å². The Labute approximate surface area is 145 Å². The minimum absolute atomic E-state index is 0. The van der Waals surface area contributed by atoms with E-state index in [0.29, 0.717) is 29.9 Å². The van der Waals surface area contributed by atoms with E-state index in [2.05, 4.69) is 24.5 Å². The zero-order chi connectivity index (χ0) is 15.4. The molecule has 23 heavy (non-hydrogen) atoms. The van der Waals surface area contributed by atoms with E-state index >= 15 is 0 Å². The first kappa shape index (κ1) is 17.5. The fraction of sp³-hybridized carbons (Fsp3) is 0.944. The number of halogens is 1. The largest absolute Gasteiger partial charge is 0.377 e. The van der Waals surface area contributed by atoms with Crippen molar-refractivity contribution in [2.24, 2.45) is 22.7 Å². The molecule has 2 aliphatic carbocycles. The third-order valence-electron chi connectivity index (χ3n) is 7.11. The number of fused-ring (bicyclic) bond motifs is 2. The normalized spacial score (nSPS) is 44.3. The molecule has 2 N–H and O–H groups in total. The van der Waals surface area contributed by atoms with Crippen molar-refractivity contribution in [2.45, 2.75) is 64.5 Å². The SMILES string of the molecule is CC1(C)C(NC(=O)[C@@]23CCCC[C@H]2CNC3)C2CCCOC21.Cl. The van der Waals surface area contributed by atoms with Crippen molar-refractivity contribution in [3.63, 3.8) is 0 Å². The van der Waals surface area contributed by atoms with Crippen molar-refractivity contribution < 1.29 is 9.53 Å². The second-order valence-corrected chi connectivity index (χ2v) is 8.60. The average molecular weight is 343 g/mol. The Morgan fingerprint density at radius 1 is 1.22 bits per heavy atom. The van der Waals surface area contributed by atoms with Gasteiger partial charge in [0.05, 0.1) is 11.5 Å². The third kappa shape index (κ3) is 2.52. The Hall–Kier alpha value is -0.320. The predicted octanol–water partition coefficient (Wildman–Crippen LogP) is 2.51. The van der Waals surface area contributed by atoms with E-state index in [1.807, 2.05) is 0 Å². The van der Waals surface area contributed by atoms with Gasteiger partial charge < -0.3 is 15.4 Å². The minimum Gasteiger partial charge on any atom is -0.377 e. The van der Waals surface area contributed by atoms with Gasteiger partial charge in [-0.3, -0.25) is 4.79 Å². The molecule has 0 aromatic carbocycles. The molecule has 1 amide bonds. The van der Waals surface area contributed by atoms with Gasteiger partial charge in [0.2, 0.25) is 5.91 Å². The quantitative estimate of drug-likeness (QED) is 0.810. The van der Waals surface area contributed by atoms with Crippen LogP contribution in [0.15, 0.2) is 0 Å². The van der Waals surface area contributed by atoms with Crippen molar-refractivity contribution in [2.75, 3.05) is 19.7 Å². The molecular formula is C18H31ClN2O2. The number of hydrogen-bond acceptors (Lipinski definition) is 3. The van der Waals surface area contributed by atoms with E-state index in [1.54, 1.807) is 0 Å². The summed E-state index contributed by atoms with van der Waals surface area (Å²) in [5, 5.41) is 6.97. The van der Waals surface area contributed by atoms with Crippen LogP contribution in [0.2, 0.25) is 0 Å². The van der Waals surface area contributed by atoms with E-state index in [0.717, 1.165) is 32.5 Å². The Morgan fingerprint density at radius 2 is 2.04 bits per heavy atom. The maximum Gasteiger partial charge on any atom is 0.228 e. The lowest BCUT2D eigenvalue weighted by Crippen LogP contribution is -2.71. The second kappa shape index (κ2) is 6.20. The van der Waals surface area contributed by atoms with E-state index in [4.69, 9.17) is 4.74 Å². The van der Waals surface area contributed by atoms with Gasteiger partial charge in [0.1, 0.15) is 0 Å². The summed E-state index contributed by atoms with van der Waals surface area (Å²) < 4.78 is 5.97. The highest BCUT2D eigenvalue weighted by molar-refractivity contribution is 5.85. The highest BCUT2D eigenvalue weighted by atomic mass is 35.5. The van der Waals surface area contributed by atoms with Gasteiger partial charge in [-0.05, 0) is 38.1 Å². The van der Waals surface area contributed by atoms with Crippen LogP contribution in [0.25, 0.3) is 0 Å². The number of carbonyl (C=O) groups excluding carboxylic acids is 1. The molecule has 0 spiro atoms. The molecule has 132 valence electrons. The zero-order valence-electron chi connectivity index (χ0n) is 14.4. The lowest BCUT2D eigenvalue weighted by molar-refractivity contribution is -0.196. The first-order valence-electron chi connectivity index (χ1n) is 9.19. The van der Waals surface area contributed by atoms with E-state index in [1.165, 1.54) is 25.7 Å². The molecule has 0 bridgehead atoms. The van der Waals surface area contributed by atoms with E-state index in [9.17, 15) is 4.79 Å². The van der Waals surface area contributed by atoms with Gasteiger partial charge in [-0.25, -0.2) is 0 Å². The Bertz CT molecular complexity index is 470. The van der Waals surface area contributed by atoms with Crippen molar-refractivity contribution >= 4 is 18.3 Å². The third-order valence-corrected chi connectivity index (χ3v) is 7.11. The molecule has 4 nitrogen and oxygen atoms in total. The van der Waals surface area contributed by atoms with Crippen molar-refractivity contribution in [3.05, 3.63) is 0 Å². The highest BCUT2D eigenvalue weighted by Crippen LogP contribution is 2.52. The maximum atomic E-state index is 13.2. The fourth-order valence-electron chi connectivity index (χ4n) is 5.79. The number of nitrogens with one attached hydrogen (secondary N) is 2. The van der Waals surface area contributed by atoms with Crippen LogP contribution in [-0.4, -0.2) is 37.7 Å². The summed E-state index contributed by atoms with van der Waals surface area (Å²) in [7, 11) is 0. The molecule has 3 unspecified atom stereocenters. The first-order chi connectivity index (χ1) is 10.6. The summed E-state index contributed by atoms with van der Waals surface area (Å²) in [6.45, 7) is 7.31. The van der Waals surface area contributed by atoms with Crippen molar-refractivity contribution in [3.8, 4) is 0 Å². The molecule has 2 saturated heterocycles. The van der Waals surface area contributed by atoms with Gasteiger partial charge in [0.15, 0.2) is 0 Å². The van der Waals surface area contributed by atoms with Crippen molar-refractivity contribution in [1.29, 1.82) is 0 Å². The van der Waals surface area contributed by atoms with Gasteiger partial charge in [0, 0.05) is 30.5 Å². The number of carbonyl (C=O) groups is 1. The molecule has 4 aliphatic rings. The fourth-order valence-corrected chi connectivity index (χ4v) is 5.79. The molecule has 0 radical (unpaired) electrons. The molecule has 2 heterocycles. The first-order valence-corrected chi connectivity index (χ1v) is 9.19. The van der Waals surface area contributed by atoms with Crippen LogP contribution >= 0.6 is 12.4 Å². The standard InChI is InChI=1S/C18H30N2O2.ClH/c1-17(2)14(13-7-5-9-22-15(13)17)20-16(21)18-8-4-3-6-12(18)10-19-11-18;/h12-15,19H,3-11H2,1-2H3,(H,20,21);1H/t12-,13?,14?,15?,18+;/m0./s1. The molecule has 4 rings (SSSR count). The summed E-state index contributed by atoms with van der Waals surface area (Å²) in [6, 6.07) is 0.294. The van der Waals surface area contributed by atoms with Gasteiger partial charge in [-0.15, -0.1) is 12.4 Å². The molecule has 2 aliphatic heterocycles. The van der Waals surface area contributed by atoms with Gasteiger partial charge >= 0.3 is 0 Å². The summed E-state index contributed by atoms with van der Waals surface area (Å²) in [5.74, 6) is 1.40. The Balaban J connectivity index is 0.00000156. The smallest absolute Gasteiger partial charge is 0.228 e. The van der Waals surface area contributed by atoms with Crippen LogP contribution in [0.1, 0.15) is 52.4 Å². The van der Waals surface area contributed by atoms with Gasteiger partial charge in [0.25, 0.3) is 0 Å². The van der Waals surface area contributed by atoms with Crippen LogP contribution in [0.3, 0.4) is 0 Å². The highest BCUT2D eigenvalue weighted by Gasteiger charge is 2.60. The van der Waals surface area contributed by atoms with Crippen molar-refractivity contribution in [1.82, 2.24) is 10.6 Å². The lowest BCUT2D eigenvalue weighted by atomic mass is 9.55. The lowest BCUT2D eigenvalue weighted by Gasteiger charge is -2.60. The van der Waals surface area contributed by atoms with E-state index < -0.39 is 0 Å². The van der Waals surface area contributed by atoms with Crippen LogP contribution in [-0.2, 0) is 9.53 Å². The van der Waals surface area contributed by atoms with Crippen LogP contribution in [0, 0.1) is 22.7 Å². The predicted molar refractivity (Wildman–Crippen MR) is 92.7 cm³/mol. The minimum atomic E-state index is -0.130.